The molecule has 0 radical (unpaired) electrons. The van der Waals surface area contributed by atoms with Crippen LogP contribution in [0.15, 0.2) is 29.2 Å². The van der Waals surface area contributed by atoms with Crippen LogP contribution in [-0.4, -0.2) is 55.8 Å². The highest BCUT2D eigenvalue weighted by Gasteiger charge is 2.33. The molecule has 4 rings (SSSR count). The molecule has 1 unspecified atom stereocenters. The van der Waals surface area contributed by atoms with Gasteiger partial charge in [0.2, 0.25) is 15.9 Å². The molecule has 1 amide bonds. The third kappa shape index (κ3) is 4.82. The first kappa shape index (κ1) is 23.8. The average molecular weight is 491 g/mol. The van der Waals surface area contributed by atoms with Gasteiger partial charge in [0.1, 0.15) is 21.8 Å². The number of hydrogen-bond donors (Lipinski definition) is 1. The number of amides is 1. The van der Waals surface area contributed by atoms with Crippen molar-refractivity contribution >= 4 is 32.3 Å². The van der Waals surface area contributed by atoms with Crippen molar-refractivity contribution in [2.24, 2.45) is 0 Å². The fourth-order valence-corrected chi connectivity index (χ4v) is 7.19. The molecule has 0 bridgehead atoms. The minimum atomic E-state index is -3.93. The molecule has 1 aromatic carbocycles. The number of carbonyl (C=O) groups is 1. The monoisotopic (exact) mass is 490 g/mol. The molecule has 1 saturated heterocycles. The molecule has 1 N–H and O–H groups in total. The van der Waals surface area contributed by atoms with Crippen LogP contribution in [0.2, 0.25) is 0 Å². The van der Waals surface area contributed by atoms with Crippen LogP contribution in [0.4, 0.5) is 9.39 Å². The van der Waals surface area contributed by atoms with E-state index in [1.807, 2.05) is 4.90 Å². The van der Waals surface area contributed by atoms with Crippen LogP contribution in [-0.2, 0) is 27.7 Å². The fourth-order valence-electron chi connectivity index (χ4n) is 4.46. The van der Waals surface area contributed by atoms with E-state index < -0.39 is 21.9 Å². The van der Waals surface area contributed by atoms with Crippen LogP contribution in [0.1, 0.15) is 42.2 Å². The van der Waals surface area contributed by atoms with Crippen molar-refractivity contribution in [2.75, 3.05) is 31.5 Å². The zero-order valence-electron chi connectivity index (χ0n) is 18.5. The van der Waals surface area contributed by atoms with Crippen molar-refractivity contribution < 1.29 is 17.6 Å². The van der Waals surface area contributed by atoms with Crippen LogP contribution in [0.3, 0.4) is 0 Å². The zero-order chi connectivity index (χ0) is 23.6. The number of halogens is 1. The molecule has 0 spiro atoms. The first-order valence-electron chi connectivity index (χ1n) is 11.2. The van der Waals surface area contributed by atoms with E-state index >= 15 is 0 Å². The number of nitrogens with zero attached hydrogens (tertiary/aromatic N) is 3. The van der Waals surface area contributed by atoms with Gasteiger partial charge >= 0.3 is 0 Å². The molecule has 2 aliphatic rings. The summed E-state index contributed by atoms with van der Waals surface area (Å²) in [7, 11) is -3.93. The van der Waals surface area contributed by atoms with Crippen LogP contribution >= 0.6 is 11.3 Å². The van der Waals surface area contributed by atoms with Gasteiger partial charge in [-0.25, -0.2) is 12.8 Å². The van der Waals surface area contributed by atoms with Gasteiger partial charge < -0.3 is 5.32 Å². The summed E-state index contributed by atoms with van der Waals surface area (Å²) >= 11 is 1.50. The number of fused-ring (bicyclic) bond motifs is 1. The summed E-state index contributed by atoms with van der Waals surface area (Å²) in [5.41, 5.74) is 1.66. The van der Waals surface area contributed by atoms with E-state index in [2.05, 4.69) is 11.4 Å². The third-order valence-electron chi connectivity index (χ3n) is 6.42. The van der Waals surface area contributed by atoms with Gasteiger partial charge in [-0.05, 0) is 50.3 Å². The molecule has 7 nitrogen and oxygen atoms in total. The van der Waals surface area contributed by atoms with Crippen molar-refractivity contribution in [2.45, 2.75) is 50.0 Å². The lowest BCUT2D eigenvalue weighted by atomic mass is 10.1. The van der Waals surface area contributed by atoms with Crippen molar-refractivity contribution in [1.82, 2.24) is 9.21 Å². The Morgan fingerprint density at radius 1 is 1.15 bits per heavy atom. The van der Waals surface area contributed by atoms with Crippen molar-refractivity contribution in [3.63, 3.8) is 0 Å². The highest BCUT2D eigenvalue weighted by molar-refractivity contribution is 7.89. The lowest BCUT2D eigenvalue weighted by Crippen LogP contribution is -2.54. The van der Waals surface area contributed by atoms with Crippen LogP contribution in [0.5, 0.6) is 0 Å². The molecule has 2 heterocycles. The van der Waals surface area contributed by atoms with Crippen molar-refractivity contribution in [3.8, 4) is 6.07 Å². The van der Waals surface area contributed by atoms with Crippen LogP contribution in [0.25, 0.3) is 0 Å². The van der Waals surface area contributed by atoms with Crippen molar-refractivity contribution in [3.05, 3.63) is 46.1 Å². The minimum absolute atomic E-state index is 0.172. The van der Waals surface area contributed by atoms with E-state index in [-0.39, 0.29) is 23.9 Å². The summed E-state index contributed by atoms with van der Waals surface area (Å²) in [5.74, 6) is -0.983. The average Bonchev–Trinajstić information content (AvgIpc) is 2.97. The Labute approximate surface area is 197 Å². The number of aryl methyl sites for hydroxylation is 1. The summed E-state index contributed by atoms with van der Waals surface area (Å²) in [6.45, 7) is 2.83. The maximum absolute atomic E-state index is 14.0. The molecule has 0 saturated carbocycles. The second kappa shape index (κ2) is 9.89. The number of nitrogens with one attached hydrogen (secondary N) is 1. The first-order chi connectivity index (χ1) is 15.8. The van der Waals surface area contributed by atoms with E-state index in [1.54, 1.807) is 6.92 Å². The molecule has 2 aromatic rings. The number of nitriles is 1. The predicted molar refractivity (Wildman–Crippen MR) is 125 cm³/mol. The Morgan fingerprint density at radius 3 is 2.55 bits per heavy atom. The van der Waals surface area contributed by atoms with Crippen LogP contribution < -0.4 is 5.32 Å². The van der Waals surface area contributed by atoms with E-state index in [9.17, 15) is 22.9 Å². The second-order valence-corrected chi connectivity index (χ2v) is 11.4. The third-order valence-corrected chi connectivity index (χ3v) is 9.56. The Kier molecular flexibility index (Phi) is 7.14. The molecule has 1 aliphatic heterocycles. The summed E-state index contributed by atoms with van der Waals surface area (Å²) in [6, 6.07) is 7.14. The number of carbonyl (C=O) groups excluding carboxylic acids is 1. The van der Waals surface area contributed by atoms with Crippen LogP contribution in [0, 0.1) is 17.1 Å². The number of anilines is 1. The van der Waals surface area contributed by atoms with Gasteiger partial charge in [0.25, 0.3) is 0 Å². The molecule has 1 aromatic heterocycles. The second-order valence-electron chi connectivity index (χ2n) is 8.42. The van der Waals surface area contributed by atoms with Gasteiger partial charge in [0.05, 0.1) is 11.6 Å². The van der Waals surface area contributed by atoms with Crippen molar-refractivity contribution in [1.29, 1.82) is 5.26 Å². The highest BCUT2D eigenvalue weighted by Crippen LogP contribution is 2.37. The molecule has 10 heteroatoms. The molecule has 1 atom stereocenters. The Bertz CT molecular complexity index is 1180. The summed E-state index contributed by atoms with van der Waals surface area (Å²) < 4.78 is 40.9. The molecule has 33 heavy (non-hydrogen) atoms. The maximum Gasteiger partial charge on any atom is 0.246 e. The predicted octanol–water partition coefficient (Wildman–Crippen LogP) is 3.36. The molecule has 1 aliphatic carbocycles. The molecular weight excluding hydrogens is 463 g/mol. The van der Waals surface area contributed by atoms with Gasteiger partial charge in [0, 0.05) is 31.1 Å². The Balaban J connectivity index is 1.40. The zero-order valence-corrected chi connectivity index (χ0v) is 20.1. The van der Waals surface area contributed by atoms with Gasteiger partial charge in [-0.15, -0.1) is 11.3 Å². The minimum Gasteiger partial charge on any atom is -0.315 e. The SMILES string of the molecule is CC(C(=O)Nc1sc2c(c1C#N)CCCCC2)N1CCN(S(=O)(=O)c2ccccc2F)CC1. The van der Waals surface area contributed by atoms with Gasteiger partial charge in [-0.3, -0.25) is 9.69 Å². The topological polar surface area (TPSA) is 93.5 Å². The maximum atomic E-state index is 14.0. The number of rotatable bonds is 5. The number of benzene rings is 1. The lowest BCUT2D eigenvalue weighted by Gasteiger charge is -2.36. The van der Waals surface area contributed by atoms with E-state index in [1.165, 1.54) is 38.7 Å². The standard InChI is InChI=1S/C23H27FN4O3S2/c1-16(22(29)26-23-18(15-25)17-7-3-2-4-9-20(17)32-23)27-11-13-28(14-12-27)33(30,31)21-10-6-5-8-19(21)24/h5-6,8,10,16H,2-4,7,9,11-14H2,1H3,(H,26,29). The fraction of sp³-hybridized carbons (Fsp3) is 0.478. The lowest BCUT2D eigenvalue weighted by molar-refractivity contribution is -0.121. The number of thiophene rings is 1. The van der Waals surface area contributed by atoms with E-state index in [4.69, 9.17) is 0 Å². The quantitative estimate of drug-likeness (QED) is 0.649. The Morgan fingerprint density at radius 2 is 1.85 bits per heavy atom. The number of hydrogen-bond acceptors (Lipinski definition) is 6. The largest absolute Gasteiger partial charge is 0.315 e. The molecular formula is C23H27FN4O3S2. The summed E-state index contributed by atoms with van der Waals surface area (Å²) in [4.78, 5) is 15.7. The number of piperazine rings is 1. The van der Waals surface area contributed by atoms with E-state index in [0.29, 0.717) is 23.7 Å². The molecule has 176 valence electrons. The highest BCUT2D eigenvalue weighted by atomic mass is 32.2. The molecule has 1 fully saturated rings. The summed E-state index contributed by atoms with van der Waals surface area (Å²) in [5, 5.41) is 13.2. The van der Waals surface area contributed by atoms with E-state index in [0.717, 1.165) is 43.7 Å². The number of sulfonamides is 1. The van der Waals surface area contributed by atoms with Gasteiger partial charge in [-0.2, -0.15) is 9.57 Å². The first-order valence-corrected chi connectivity index (χ1v) is 13.4. The smallest absolute Gasteiger partial charge is 0.246 e. The van der Waals surface area contributed by atoms with Gasteiger partial charge in [0.15, 0.2) is 0 Å². The van der Waals surface area contributed by atoms with Gasteiger partial charge in [-0.1, -0.05) is 18.6 Å². The summed E-state index contributed by atoms with van der Waals surface area (Å²) in [6.07, 6.45) is 5.13. The Hall–Kier alpha value is -2.32. The normalized spacial score (nSPS) is 18.7.